The average Bonchev–Trinajstić information content (AvgIpc) is 3.14. The standard InChI is InChI=1S/C15H17F3N4O/c1-22-12(7-13(21-22)15(16,17)18)10-4-5-14(19-8-10)20-9-11-3-2-6-23-11/h4-5,7-8,11H,2-3,6,9H2,1H3,(H,19,20). The molecule has 0 bridgehead atoms. The highest BCUT2D eigenvalue weighted by atomic mass is 19.4. The van der Waals surface area contributed by atoms with Gasteiger partial charge in [-0.05, 0) is 31.0 Å². The van der Waals surface area contributed by atoms with Crippen molar-refractivity contribution in [2.24, 2.45) is 7.05 Å². The Kier molecular flexibility index (Phi) is 4.25. The SMILES string of the molecule is Cn1nc(C(F)(F)F)cc1-c1ccc(NCC2CCCO2)nc1. The number of halogens is 3. The Morgan fingerprint density at radius 2 is 2.22 bits per heavy atom. The summed E-state index contributed by atoms with van der Waals surface area (Å²) in [5, 5.41) is 6.67. The van der Waals surface area contributed by atoms with Crippen molar-refractivity contribution < 1.29 is 17.9 Å². The lowest BCUT2D eigenvalue weighted by Gasteiger charge is -2.11. The number of aromatic nitrogens is 3. The average molecular weight is 326 g/mol. The number of alkyl halides is 3. The van der Waals surface area contributed by atoms with Gasteiger partial charge in [0.1, 0.15) is 5.82 Å². The second-order valence-electron chi connectivity index (χ2n) is 5.48. The summed E-state index contributed by atoms with van der Waals surface area (Å²) in [6.45, 7) is 1.47. The summed E-state index contributed by atoms with van der Waals surface area (Å²) in [5.41, 5.74) is 0.0456. The Bertz CT molecular complexity index is 660. The van der Waals surface area contributed by atoms with Gasteiger partial charge in [-0.25, -0.2) is 4.98 Å². The number of hydrogen-bond acceptors (Lipinski definition) is 4. The van der Waals surface area contributed by atoms with Crippen LogP contribution in [0.3, 0.4) is 0 Å². The van der Waals surface area contributed by atoms with E-state index in [0.29, 0.717) is 23.6 Å². The number of aryl methyl sites for hydroxylation is 1. The third kappa shape index (κ3) is 3.64. The Morgan fingerprint density at radius 3 is 2.78 bits per heavy atom. The maximum atomic E-state index is 12.7. The Hall–Kier alpha value is -2.09. The van der Waals surface area contributed by atoms with Gasteiger partial charge in [-0.1, -0.05) is 0 Å². The van der Waals surface area contributed by atoms with Gasteiger partial charge in [0.25, 0.3) is 0 Å². The first-order valence-corrected chi connectivity index (χ1v) is 7.36. The number of pyridine rings is 1. The first-order valence-electron chi connectivity index (χ1n) is 7.36. The fourth-order valence-electron chi connectivity index (χ4n) is 2.55. The van der Waals surface area contributed by atoms with Crippen molar-refractivity contribution in [2.75, 3.05) is 18.5 Å². The number of ether oxygens (including phenoxy) is 1. The predicted molar refractivity (Wildman–Crippen MR) is 78.9 cm³/mol. The van der Waals surface area contributed by atoms with E-state index in [1.165, 1.54) is 17.9 Å². The summed E-state index contributed by atoms with van der Waals surface area (Å²) in [7, 11) is 1.48. The minimum absolute atomic E-state index is 0.197. The molecule has 1 N–H and O–H groups in total. The lowest BCUT2D eigenvalue weighted by molar-refractivity contribution is -0.141. The molecule has 23 heavy (non-hydrogen) atoms. The van der Waals surface area contributed by atoms with Crippen LogP contribution in [0.1, 0.15) is 18.5 Å². The lowest BCUT2D eigenvalue weighted by Crippen LogP contribution is -2.18. The molecule has 1 aliphatic rings. The van der Waals surface area contributed by atoms with Crippen molar-refractivity contribution in [3.05, 3.63) is 30.1 Å². The van der Waals surface area contributed by atoms with Gasteiger partial charge in [0.05, 0.1) is 11.8 Å². The minimum atomic E-state index is -4.45. The number of hydrogen-bond donors (Lipinski definition) is 1. The zero-order valence-electron chi connectivity index (χ0n) is 12.6. The van der Waals surface area contributed by atoms with Gasteiger partial charge < -0.3 is 10.1 Å². The molecule has 0 saturated carbocycles. The fraction of sp³-hybridized carbons (Fsp3) is 0.467. The summed E-state index contributed by atoms with van der Waals surface area (Å²) in [5.74, 6) is 0.669. The van der Waals surface area contributed by atoms with E-state index in [1.54, 1.807) is 12.1 Å². The quantitative estimate of drug-likeness (QED) is 0.938. The van der Waals surface area contributed by atoms with E-state index < -0.39 is 11.9 Å². The normalized spacial score (nSPS) is 18.3. The second-order valence-corrected chi connectivity index (χ2v) is 5.48. The molecule has 0 aromatic carbocycles. The van der Waals surface area contributed by atoms with E-state index in [0.717, 1.165) is 25.5 Å². The molecule has 0 amide bonds. The second kappa shape index (κ2) is 6.19. The van der Waals surface area contributed by atoms with E-state index in [4.69, 9.17) is 4.74 Å². The van der Waals surface area contributed by atoms with Gasteiger partial charge in [-0.2, -0.15) is 18.3 Å². The summed E-state index contributed by atoms with van der Waals surface area (Å²) < 4.78 is 44.8. The maximum Gasteiger partial charge on any atom is 0.435 e. The van der Waals surface area contributed by atoms with E-state index in [2.05, 4.69) is 15.4 Å². The van der Waals surface area contributed by atoms with Crippen LogP contribution in [0.2, 0.25) is 0 Å². The zero-order valence-corrected chi connectivity index (χ0v) is 12.6. The fourth-order valence-corrected chi connectivity index (χ4v) is 2.55. The predicted octanol–water partition coefficient (Wildman–Crippen LogP) is 3.09. The van der Waals surface area contributed by atoms with Crippen molar-refractivity contribution in [1.29, 1.82) is 0 Å². The number of rotatable bonds is 4. The molecule has 1 aliphatic heterocycles. The number of nitrogens with zero attached hydrogens (tertiary/aromatic N) is 3. The number of anilines is 1. The third-order valence-electron chi connectivity index (χ3n) is 3.76. The molecule has 1 unspecified atom stereocenters. The molecule has 5 nitrogen and oxygen atoms in total. The molecule has 3 rings (SSSR count). The smallest absolute Gasteiger partial charge is 0.376 e. The third-order valence-corrected chi connectivity index (χ3v) is 3.76. The van der Waals surface area contributed by atoms with E-state index >= 15 is 0 Å². The molecule has 2 aromatic rings. The van der Waals surface area contributed by atoms with Crippen LogP contribution in [0.5, 0.6) is 0 Å². The Balaban J connectivity index is 1.70. The van der Waals surface area contributed by atoms with Crippen LogP contribution in [0.25, 0.3) is 11.3 Å². The Morgan fingerprint density at radius 1 is 1.39 bits per heavy atom. The highest BCUT2D eigenvalue weighted by Crippen LogP contribution is 2.31. The largest absolute Gasteiger partial charge is 0.435 e. The molecule has 0 aliphatic carbocycles. The van der Waals surface area contributed by atoms with Gasteiger partial charge >= 0.3 is 6.18 Å². The van der Waals surface area contributed by atoms with E-state index in [-0.39, 0.29) is 6.10 Å². The topological polar surface area (TPSA) is 52.0 Å². The van der Waals surface area contributed by atoms with Crippen LogP contribution in [0.15, 0.2) is 24.4 Å². The van der Waals surface area contributed by atoms with Crippen LogP contribution >= 0.6 is 0 Å². The summed E-state index contributed by atoms with van der Waals surface area (Å²) in [6.07, 6.45) is -0.620. The van der Waals surface area contributed by atoms with Crippen molar-refractivity contribution >= 4 is 5.82 Å². The highest BCUT2D eigenvalue weighted by molar-refractivity contribution is 5.60. The molecule has 0 radical (unpaired) electrons. The molecule has 8 heteroatoms. The minimum Gasteiger partial charge on any atom is -0.376 e. The van der Waals surface area contributed by atoms with Crippen molar-refractivity contribution in [3.63, 3.8) is 0 Å². The van der Waals surface area contributed by atoms with Crippen LogP contribution < -0.4 is 5.32 Å². The maximum absolute atomic E-state index is 12.7. The van der Waals surface area contributed by atoms with Crippen molar-refractivity contribution in [1.82, 2.24) is 14.8 Å². The van der Waals surface area contributed by atoms with Crippen molar-refractivity contribution in [2.45, 2.75) is 25.1 Å². The van der Waals surface area contributed by atoms with Crippen LogP contribution in [-0.2, 0) is 18.0 Å². The molecule has 3 heterocycles. The molecular formula is C15H17F3N4O. The molecule has 1 fully saturated rings. The van der Waals surface area contributed by atoms with Gasteiger partial charge in [0.15, 0.2) is 5.69 Å². The number of nitrogens with one attached hydrogen (secondary N) is 1. The molecule has 2 aromatic heterocycles. The summed E-state index contributed by atoms with van der Waals surface area (Å²) in [6, 6.07) is 4.49. The van der Waals surface area contributed by atoms with Crippen molar-refractivity contribution in [3.8, 4) is 11.3 Å². The molecule has 0 spiro atoms. The van der Waals surface area contributed by atoms with Crippen LogP contribution in [0, 0.1) is 0 Å². The van der Waals surface area contributed by atoms with Crippen LogP contribution in [-0.4, -0.2) is 34.0 Å². The first kappa shape index (κ1) is 15.8. The molecule has 124 valence electrons. The van der Waals surface area contributed by atoms with Gasteiger partial charge in [0.2, 0.25) is 0 Å². The Labute approximate surface area is 131 Å². The van der Waals surface area contributed by atoms with Crippen LogP contribution in [0.4, 0.5) is 19.0 Å². The monoisotopic (exact) mass is 326 g/mol. The van der Waals surface area contributed by atoms with Gasteiger partial charge in [0, 0.05) is 32.0 Å². The lowest BCUT2D eigenvalue weighted by atomic mass is 10.2. The van der Waals surface area contributed by atoms with Gasteiger partial charge in [-0.15, -0.1) is 0 Å². The summed E-state index contributed by atoms with van der Waals surface area (Å²) >= 11 is 0. The zero-order chi connectivity index (χ0) is 16.4. The molecular weight excluding hydrogens is 309 g/mol. The first-order chi connectivity index (χ1) is 10.9. The highest BCUT2D eigenvalue weighted by Gasteiger charge is 2.34. The summed E-state index contributed by atoms with van der Waals surface area (Å²) in [4.78, 5) is 4.24. The van der Waals surface area contributed by atoms with E-state index in [9.17, 15) is 13.2 Å². The van der Waals surface area contributed by atoms with E-state index in [1.807, 2.05) is 0 Å². The van der Waals surface area contributed by atoms with Gasteiger partial charge in [-0.3, -0.25) is 4.68 Å². The molecule has 1 atom stereocenters. The molecule has 1 saturated heterocycles.